The average molecular weight is 599 g/mol. The summed E-state index contributed by atoms with van der Waals surface area (Å²) >= 11 is 0. The molecule has 0 aliphatic carbocycles. The quantitative estimate of drug-likeness (QED) is 0.200. The standard InChI is InChI=1S/C45H30N2/c1-2-12-29(13-3-1)34-27-40(33-23-22-30-14-4-5-16-32(30)26-33)46-42(28-34)47-41-21-11-10-20-39(41)44-43-35-17-7-6-15-31(35)24-25-37(43)36-18-8-9-19-38(36)45(44)47/h1-28,42,46H. The summed E-state index contributed by atoms with van der Waals surface area (Å²) in [6.45, 7) is 0. The Balaban J connectivity index is 1.31. The molecule has 0 amide bonds. The molecule has 220 valence electrons. The first kappa shape index (κ1) is 26.1. The van der Waals surface area contributed by atoms with Crippen LogP contribution in [0.25, 0.3) is 76.2 Å². The summed E-state index contributed by atoms with van der Waals surface area (Å²) in [5, 5.41) is 16.8. The number of aromatic nitrogens is 1. The molecule has 1 aromatic heterocycles. The highest BCUT2D eigenvalue weighted by atomic mass is 15.2. The largest absolute Gasteiger partial charge is 0.361 e. The SMILES string of the molecule is C1=C(c2ccccc2)C=C(c2ccc3ccccc3c2)NC1n1c2ccccc2c2c3c4ccccc4ccc3c3ccccc3c21. The third kappa shape index (κ3) is 3.98. The number of allylic oxidation sites excluding steroid dienone is 2. The second-order valence-corrected chi connectivity index (χ2v) is 12.6. The molecule has 2 heterocycles. The topological polar surface area (TPSA) is 17.0 Å². The lowest BCUT2D eigenvalue weighted by Gasteiger charge is -2.28. The lowest BCUT2D eigenvalue weighted by atomic mass is 9.93. The van der Waals surface area contributed by atoms with E-state index in [1.807, 2.05) is 0 Å². The molecule has 1 N–H and O–H groups in total. The van der Waals surface area contributed by atoms with Crippen LogP contribution >= 0.6 is 0 Å². The van der Waals surface area contributed by atoms with E-state index in [0.29, 0.717) is 0 Å². The van der Waals surface area contributed by atoms with E-state index < -0.39 is 0 Å². The lowest BCUT2D eigenvalue weighted by Crippen LogP contribution is -2.26. The van der Waals surface area contributed by atoms with Crippen molar-refractivity contribution in [1.82, 2.24) is 9.88 Å². The Labute approximate surface area is 272 Å². The Morgan fingerprint density at radius 1 is 0.447 bits per heavy atom. The summed E-state index contributed by atoms with van der Waals surface area (Å²) in [6.07, 6.45) is 4.58. The Morgan fingerprint density at radius 3 is 1.96 bits per heavy atom. The molecule has 47 heavy (non-hydrogen) atoms. The van der Waals surface area contributed by atoms with Crippen LogP contribution in [0.3, 0.4) is 0 Å². The third-order valence-corrected chi connectivity index (χ3v) is 9.95. The van der Waals surface area contributed by atoms with E-state index in [-0.39, 0.29) is 6.17 Å². The highest BCUT2D eigenvalue weighted by Crippen LogP contribution is 2.45. The molecule has 1 atom stereocenters. The number of nitrogens with one attached hydrogen (secondary N) is 1. The van der Waals surface area contributed by atoms with Crippen LogP contribution < -0.4 is 5.32 Å². The van der Waals surface area contributed by atoms with Crippen LogP contribution in [0.1, 0.15) is 17.3 Å². The summed E-state index contributed by atoms with van der Waals surface area (Å²) in [6, 6.07) is 57.4. The van der Waals surface area contributed by atoms with Crippen LogP contribution in [0.5, 0.6) is 0 Å². The predicted molar refractivity (Wildman–Crippen MR) is 200 cm³/mol. The summed E-state index contributed by atoms with van der Waals surface area (Å²) in [5.74, 6) is 0. The van der Waals surface area contributed by atoms with Gasteiger partial charge >= 0.3 is 0 Å². The van der Waals surface area contributed by atoms with Gasteiger partial charge in [-0.15, -0.1) is 0 Å². The molecule has 9 aromatic rings. The first-order chi connectivity index (χ1) is 23.3. The molecule has 1 aliphatic rings. The molecule has 0 saturated heterocycles. The van der Waals surface area contributed by atoms with Gasteiger partial charge in [-0.05, 0) is 73.3 Å². The van der Waals surface area contributed by atoms with Crippen molar-refractivity contribution in [3.05, 3.63) is 181 Å². The molecule has 0 saturated carbocycles. The Bertz CT molecular complexity index is 2760. The monoisotopic (exact) mass is 598 g/mol. The number of benzene rings is 8. The van der Waals surface area contributed by atoms with Crippen LogP contribution in [0.4, 0.5) is 0 Å². The van der Waals surface area contributed by atoms with Crippen LogP contribution in [-0.4, -0.2) is 4.57 Å². The van der Waals surface area contributed by atoms with Crippen molar-refractivity contribution in [1.29, 1.82) is 0 Å². The fraction of sp³-hybridized carbons (Fsp3) is 0.0222. The van der Waals surface area contributed by atoms with Gasteiger partial charge in [0.1, 0.15) is 6.17 Å². The molecule has 0 fully saturated rings. The molecule has 2 nitrogen and oxygen atoms in total. The van der Waals surface area contributed by atoms with Gasteiger partial charge in [-0.3, -0.25) is 0 Å². The molecule has 1 aliphatic heterocycles. The van der Waals surface area contributed by atoms with Gasteiger partial charge in [-0.1, -0.05) is 146 Å². The van der Waals surface area contributed by atoms with Gasteiger partial charge in [-0.25, -0.2) is 0 Å². The van der Waals surface area contributed by atoms with Crippen molar-refractivity contribution in [2.45, 2.75) is 6.17 Å². The molecule has 2 heteroatoms. The van der Waals surface area contributed by atoms with Gasteiger partial charge in [0.2, 0.25) is 0 Å². The number of fused-ring (bicyclic) bond motifs is 11. The van der Waals surface area contributed by atoms with Crippen LogP contribution in [0.15, 0.2) is 170 Å². The zero-order valence-electron chi connectivity index (χ0n) is 25.7. The number of hydrogen-bond acceptors (Lipinski definition) is 1. The van der Waals surface area contributed by atoms with Gasteiger partial charge in [0.15, 0.2) is 0 Å². The van der Waals surface area contributed by atoms with Crippen molar-refractivity contribution in [2.24, 2.45) is 0 Å². The summed E-state index contributed by atoms with van der Waals surface area (Å²) in [4.78, 5) is 0. The minimum Gasteiger partial charge on any atom is -0.361 e. The first-order valence-electron chi connectivity index (χ1n) is 16.3. The van der Waals surface area contributed by atoms with Crippen LogP contribution in [0, 0.1) is 0 Å². The van der Waals surface area contributed by atoms with Gasteiger partial charge in [-0.2, -0.15) is 0 Å². The Hall–Kier alpha value is -6.12. The highest BCUT2D eigenvalue weighted by molar-refractivity contribution is 6.36. The van der Waals surface area contributed by atoms with Crippen molar-refractivity contribution >= 4 is 76.2 Å². The number of dihydropyridines is 1. The van der Waals surface area contributed by atoms with Crippen molar-refractivity contribution in [3.63, 3.8) is 0 Å². The van der Waals surface area contributed by atoms with Crippen LogP contribution in [0.2, 0.25) is 0 Å². The third-order valence-electron chi connectivity index (χ3n) is 9.95. The number of nitrogens with zero attached hydrogens (tertiary/aromatic N) is 1. The van der Waals surface area contributed by atoms with Crippen molar-refractivity contribution in [3.8, 4) is 0 Å². The van der Waals surface area contributed by atoms with Gasteiger partial charge in [0.05, 0.1) is 11.0 Å². The second-order valence-electron chi connectivity index (χ2n) is 12.6. The predicted octanol–water partition coefficient (Wildman–Crippen LogP) is 11.6. The average Bonchev–Trinajstić information content (AvgIpc) is 3.50. The van der Waals surface area contributed by atoms with E-state index in [9.17, 15) is 0 Å². The fourth-order valence-electron chi connectivity index (χ4n) is 7.85. The highest BCUT2D eigenvalue weighted by Gasteiger charge is 2.25. The molecule has 0 radical (unpaired) electrons. The Morgan fingerprint density at radius 2 is 1.11 bits per heavy atom. The number of rotatable bonds is 3. The molecule has 10 rings (SSSR count). The smallest absolute Gasteiger partial charge is 0.124 e. The van der Waals surface area contributed by atoms with Gasteiger partial charge in [0, 0.05) is 27.2 Å². The van der Waals surface area contributed by atoms with Crippen molar-refractivity contribution < 1.29 is 0 Å². The molecule has 0 spiro atoms. The van der Waals surface area contributed by atoms with E-state index in [0.717, 1.165) is 5.70 Å². The van der Waals surface area contributed by atoms with E-state index in [2.05, 4.69) is 180 Å². The lowest BCUT2D eigenvalue weighted by molar-refractivity contribution is 0.592. The summed E-state index contributed by atoms with van der Waals surface area (Å²) in [5.41, 5.74) is 7.18. The van der Waals surface area contributed by atoms with E-state index >= 15 is 0 Å². The van der Waals surface area contributed by atoms with Crippen LogP contribution in [-0.2, 0) is 0 Å². The minimum atomic E-state index is -0.130. The molecule has 1 unspecified atom stereocenters. The van der Waals surface area contributed by atoms with E-state index in [4.69, 9.17) is 0 Å². The summed E-state index contributed by atoms with van der Waals surface area (Å²) < 4.78 is 2.55. The van der Waals surface area contributed by atoms with E-state index in [1.165, 1.54) is 81.6 Å². The van der Waals surface area contributed by atoms with E-state index in [1.54, 1.807) is 0 Å². The maximum absolute atomic E-state index is 4.02. The minimum absolute atomic E-state index is 0.130. The number of para-hydroxylation sites is 1. The molecule has 0 bridgehead atoms. The molecular formula is C45H30N2. The summed E-state index contributed by atoms with van der Waals surface area (Å²) in [7, 11) is 0. The first-order valence-corrected chi connectivity index (χ1v) is 16.3. The maximum Gasteiger partial charge on any atom is 0.124 e. The zero-order chi connectivity index (χ0) is 30.9. The fourth-order valence-corrected chi connectivity index (χ4v) is 7.85. The van der Waals surface area contributed by atoms with Gasteiger partial charge in [0.25, 0.3) is 0 Å². The number of hydrogen-bond donors (Lipinski definition) is 1. The second kappa shape index (κ2) is 10.2. The molecule has 8 aromatic carbocycles. The maximum atomic E-state index is 4.02. The Kier molecular flexibility index (Phi) is 5.67. The van der Waals surface area contributed by atoms with Crippen molar-refractivity contribution in [2.75, 3.05) is 0 Å². The van der Waals surface area contributed by atoms with Gasteiger partial charge < -0.3 is 9.88 Å². The normalized spacial score (nSPS) is 15.0. The molecular weight excluding hydrogens is 569 g/mol. The zero-order valence-corrected chi connectivity index (χ0v) is 25.7.